The number of fused-ring (bicyclic) bond motifs is 1. The summed E-state index contributed by atoms with van der Waals surface area (Å²) in [5, 5.41) is 1.19. The third kappa shape index (κ3) is 1.45. The summed E-state index contributed by atoms with van der Waals surface area (Å²) in [5.74, 6) is 0.517. The van der Waals surface area contributed by atoms with Crippen molar-refractivity contribution in [3.05, 3.63) is 35.0 Å². The van der Waals surface area contributed by atoms with Gasteiger partial charge < -0.3 is 4.57 Å². The quantitative estimate of drug-likeness (QED) is 0.703. The largest absolute Gasteiger partial charge is 0.341 e. The van der Waals surface area contributed by atoms with Crippen molar-refractivity contribution < 1.29 is 4.79 Å². The fourth-order valence-corrected chi connectivity index (χ4v) is 2.19. The number of hydrogen-bond acceptors (Lipinski definition) is 1. The Balaban J connectivity index is 2.79. The van der Waals surface area contributed by atoms with Crippen molar-refractivity contribution in [2.24, 2.45) is 7.05 Å². The molecule has 0 spiro atoms. The molecule has 0 radical (unpaired) electrons. The van der Waals surface area contributed by atoms with Gasteiger partial charge >= 0.3 is 0 Å². The van der Waals surface area contributed by atoms with Crippen LogP contribution in [0.3, 0.4) is 0 Å². The number of carbonyl (C=O) groups is 1. The van der Waals surface area contributed by atoms with Crippen molar-refractivity contribution in [2.75, 3.05) is 0 Å². The van der Waals surface area contributed by atoms with Gasteiger partial charge in [0.1, 0.15) is 0 Å². The highest BCUT2D eigenvalue weighted by atomic mass is 16.1. The molecule has 1 aromatic heterocycles. The summed E-state index contributed by atoms with van der Waals surface area (Å²) in [6, 6.07) is 6.44. The van der Waals surface area contributed by atoms with Crippen LogP contribution < -0.4 is 0 Å². The Morgan fingerprint density at radius 1 is 1.31 bits per heavy atom. The van der Waals surface area contributed by atoms with E-state index in [1.165, 1.54) is 10.9 Å². The molecular formula is C14H17NO. The van der Waals surface area contributed by atoms with Crippen LogP contribution in [-0.2, 0) is 7.05 Å². The first-order valence-corrected chi connectivity index (χ1v) is 5.60. The molecule has 1 heterocycles. The van der Waals surface area contributed by atoms with Gasteiger partial charge in [-0.25, -0.2) is 0 Å². The predicted molar refractivity (Wildman–Crippen MR) is 67.1 cm³/mol. The first-order chi connectivity index (χ1) is 7.56. The Labute approximate surface area is 95.9 Å². The molecule has 2 rings (SSSR count). The fourth-order valence-electron chi connectivity index (χ4n) is 2.19. The molecule has 0 amide bonds. The molecule has 84 valence electrons. The fraction of sp³-hybridized carbons (Fsp3) is 0.357. The number of rotatable bonds is 2. The number of carbonyl (C=O) groups excluding carboxylic acids is 1. The zero-order valence-corrected chi connectivity index (χ0v) is 10.2. The molecule has 0 saturated carbocycles. The van der Waals surface area contributed by atoms with Crippen LogP contribution in [0.15, 0.2) is 18.2 Å². The van der Waals surface area contributed by atoms with Crippen LogP contribution in [0.2, 0.25) is 0 Å². The van der Waals surface area contributed by atoms with Crippen LogP contribution in [0.25, 0.3) is 10.9 Å². The van der Waals surface area contributed by atoms with E-state index >= 15 is 0 Å². The average Bonchev–Trinajstić information content (AvgIpc) is 2.51. The highest BCUT2D eigenvalue weighted by Gasteiger charge is 2.11. The maximum absolute atomic E-state index is 11.0. The monoisotopic (exact) mass is 215 g/mol. The Morgan fingerprint density at radius 3 is 2.56 bits per heavy atom. The Bertz CT molecular complexity index is 549. The summed E-state index contributed by atoms with van der Waals surface area (Å²) in [7, 11) is 1.94. The van der Waals surface area contributed by atoms with Gasteiger partial charge in [0, 0.05) is 18.0 Å². The third-order valence-corrected chi connectivity index (χ3v) is 3.31. The Hall–Kier alpha value is -1.57. The molecule has 0 bridgehead atoms. The van der Waals surface area contributed by atoms with E-state index in [0.717, 1.165) is 23.1 Å². The summed E-state index contributed by atoms with van der Waals surface area (Å²) in [4.78, 5) is 11.0. The van der Waals surface area contributed by atoms with Crippen LogP contribution in [0.1, 0.15) is 41.4 Å². The zero-order valence-electron chi connectivity index (χ0n) is 10.2. The molecule has 0 fully saturated rings. The second-order valence-electron chi connectivity index (χ2n) is 4.62. The lowest BCUT2D eigenvalue weighted by atomic mass is 10.0. The minimum Gasteiger partial charge on any atom is -0.341 e. The number of aryl methyl sites for hydroxylation is 2. The lowest BCUT2D eigenvalue weighted by molar-refractivity contribution is 0.111. The third-order valence-electron chi connectivity index (χ3n) is 3.31. The second kappa shape index (κ2) is 3.78. The molecule has 0 aliphatic rings. The summed E-state index contributed by atoms with van der Waals surface area (Å²) < 4.78 is 1.96. The molecule has 1 aromatic carbocycles. The van der Waals surface area contributed by atoms with Crippen LogP contribution >= 0.6 is 0 Å². The molecule has 0 atom stereocenters. The van der Waals surface area contributed by atoms with Crippen LogP contribution in [0, 0.1) is 6.92 Å². The van der Waals surface area contributed by atoms with Gasteiger partial charge in [0.05, 0.1) is 5.69 Å². The molecule has 0 unspecified atom stereocenters. The Morgan fingerprint density at radius 2 is 2.00 bits per heavy atom. The first kappa shape index (κ1) is 10.9. The van der Waals surface area contributed by atoms with E-state index in [9.17, 15) is 4.79 Å². The van der Waals surface area contributed by atoms with Gasteiger partial charge in [-0.05, 0) is 36.1 Å². The molecule has 0 saturated heterocycles. The van der Waals surface area contributed by atoms with E-state index in [-0.39, 0.29) is 0 Å². The van der Waals surface area contributed by atoms with Crippen molar-refractivity contribution in [1.82, 2.24) is 4.57 Å². The van der Waals surface area contributed by atoms with Crippen LogP contribution in [0.4, 0.5) is 0 Å². The maximum Gasteiger partial charge on any atom is 0.166 e. The highest BCUT2D eigenvalue weighted by Crippen LogP contribution is 2.27. The van der Waals surface area contributed by atoms with Crippen molar-refractivity contribution in [3.8, 4) is 0 Å². The molecule has 16 heavy (non-hydrogen) atoms. The number of hydrogen-bond donors (Lipinski definition) is 0. The number of nitrogens with zero attached hydrogens (tertiary/aromatic N) is 1. The number of aldehydes is 1. The summed E-state index contributed by atoms with van der Waals surface area (Å²) in [6.07, 6.45) is 0.935. The molecule has 2 nitrogen and oxygen atoms in total. The lowest BCUT2D eigenvalue weighted by Crippen LogP contribution is -1.94. The van der Waals surface area contributed by atoms with E-state index < -0.39 is 0 Å². The minimum atomic E-state index is 0.517. The molecule has 2 aromatic rings. The van der Waals surface area contributed by atoms with Crippen LogP contribution in [-0.4, -0.2) is 10.9 Å². The van der Waals surface area contributed by atoms with E-state index in [1.54, 1.807) is 0 Å². The van der Waals surface area contributed by atoms with E-state index in [1.807, 2.05) is 18.5 Å². The zero-order chi connectivity index (χ0) is 11.9. The summed E-state index contributed by atoms with van der Waals surface area (Å²) in [5.41, 5.74) is 4.30. The maximum atomic E-state index is 11.0. The van der Waals surface area contributed by atoms with Gasteiger partial charge in [-0.1, -0.05) is 19.9 Å². The predicted octanol–water partition coefficient (Wildman–Crippen LogP) is 3.42. The van der Waals surface area contributed by atoms with E-state index in [0.29, 0.717) is 5.92 Å². The second-order valence-corrected chi connectivity index (χ2v) is 4.62. The van der Waals surface area contributed by atoms with E-state index in [4.69, 9.17) is 0 Å². The summed E-state index contributed by atoms with van der Waals surface area (Å²) in [6.45, 7) is 6.37. The van der Waals surface area contributed by atoms with E-state index in [2.05, 4.69) is 32.0 Å². The van der Waals surface area contributed by atoms with Gasteiger partial charge in [0.15, 0.2) is 6.29 Å². The van der Waals surface area contributed by atoms with Crippen molar-refractivity contribution in [2.45, 2.75) is 26.7 Å². The average molecular weight is 215 g/mol. The summed E-state index contributed by atoms with van der Waals surface area (Å²) >= 11 is 0. The lowest BCUT2D eigenvalue weighted by Gasteiger charge is -2.05. The smallest absolute Gasteiger partial charge is 0.166 e. The number of benzene rings is 1. The van der Waals surface area contributed by atoms with Gasteiger partial charge in [0.25, 0.3) is 0 Å². The van der Waals surface area contributed by atoms with Gasteiger partial charge in [-0.15, -0.1) is 0 Å². The topological polar surface area (TPSA) is 22.0 Å². The standard InChI is InChI=1S/C14H17NO/c1-9(2)11-5-6-13-12(7-11)10(3)14(8-16)15(13)4/h5-9H,1-4H3. The van der Waals surface area contributed by atoms with Gasteiger partial charge in [-0.3, -0.25) is 4.79 Å². The van der Waals surface area contributed by atoms with Gasteiger partial charge in [0.2, 0.25) is 0 Å². The van der Waals surface area contributed by atoms with Crippen molar-refractivity contribution in [3.63, 3.8) is 0 Å². The molecule has 0 N–H and O–H groups in total. The van der Waals surface area contributed by atoms with Crippen molar-refractivity contribution >= 4 is 17.2 Å². The SMILES string of the molecule is Cc1c(C=O)n(C)c2ccc(C(C)C)cc12. The number of aromatic nitrogens is 1. The van der Waals surface area contributed by atoms with Crippen molar-refractivity contribution in [1.29, 1.82) is 0 Å². The van der Waals surface area contributed by atoms with Crippen LogP contribution in [0.5, 0.6) is 0 Å². The van der Waals surface area contributed by atoms with Gasteiger partial charge in [-0.2, -0.15) is 0 Å². The highest BCUT2D eigenvalue weighted by molar-refractivity contribution is 5.93. The minimum absolute atomic E-state index is 0.517. The molecule has 0 aliphatic heterocycles. The first-order valence-electron chi connectivity index (χ1n) is 5.60. The Kier molecular flexibility index (Phi) is 2.58. The molecule has 0 aliphatic carbocycles. The molecular weight excluding hydrogens is 198 g/mol. The normalized spacial score (nSPS) is 11.3. The molecule has 2 heteroatoms.